The standard InChI is InChI=1S/C25H22BrFN4O/c1-17-23(14-29-30-25(32)15-28-21-12-8-19(26)9-13-21)22-4-2-3-5-24(22)31(17)16-18-6-10-20(27)11-7-18/h2-14,28H,15-16H2,1H3,(H,30,32)/b29-14-. The summed E-state index contributed by atoms with van der Waals surface area (Å²) in [5, 5.41) is 8.27. The van der Waals surface area contributed by atoms with Crippen molar-refractivity contribution >= 4 is 44.6 Å². The van der Waals surface area contributed by atoms with Crippen LogP contribution in [0.3, 0.4) is 0 Å². The number of hydrogen-bond donors (Lipinski definition) is 2. The molecule has 0 fully saturated rings. The Balaban J connectivity index is 1.48. The molecule has 0 spiro atoms. The zero-order valence-electron chi connectivity index (χ0n) is 17.5. The van der Waals surface area contributed by atoms with Gasteiger partial charge in [0, 0.05) is 38.9 Å². The summed E-state index contributed by atoms with van der Waals surface area (Å²) in [5.74, 6) is -0.488. The number of anilines is 1. The molecule has 0 radical (unpaired) electrons. The van der Waals surface area contributed by atoms with Crippen molar-refractivity contribution in [1.29, 1.82) is 0 Å². The molecule has 5 nitrogen and oxygen atoms in total. The number of carbonyl (C=O) groups excluding carboxylic acids is 1. The number of benzene rings is 3. The predicted molar refractivity (Wildman–Crippen MR) is 131 cm³/mol. The van der Waals surface area contributed by atoms with Gasteiger partial charge in [0.2, 0.25) is 0 Å². The minimum absolute atomic E-state index is 0.115. The van der Waals surface area contributed by atoms with Crippen molar-refractivity contribution in [2.45, 2.75) is 13.5 Å². The molecule has 1 heterocycles. The summed E-state index contributed by atoms with van der Waals surface area (Å²) in [6, 6.07) is 22.1. The summed E-state index contributed by atoms with van der Waals surface area (Å²) in [6.07, 6.45) is 1.68. The maximum absolute atomic E-state index is 13.3. The van der Waals surface area contributed by atoms with Crippen LogP contribution in [-0.2, 0) is 11.3 Å². The van der Waals surface area contributed by atoms with E-state index in [2.05, 4.69) is 36.3 Å². The predicted octanol–water partition coefficient (Wildman–Crippen LogP) is 5.46. The molecule has 0 aliphatic carbocycles. The zero-order chi connectivity index (χ0) is 22.5. The molecule has 0 saturated carbocycles. The monoisotopic (exact) mass is 492 g/mol. The third-order valence-corrected chi connectivity index (χ3v) is 5.74. The number of carbonyl (C=O) groups is 1. The van der Waals surface area contributed by atoms with Crippen LogP contribution in [0.5, 0.6) is 0 Å². The largest absolute Gasteiger partial charge is 0.376 e. The molecule has 0 aliphatic rings. The lowest BCUT2D eigenvalue weighted by Gasteiger charge is -2.09. The van der Waals surface area contributed by atoms with Gasteiger partial charge in [-0.2, -0.15) is 5.10 Å². The van der Waals surface area contributed by atoms with Crippen LogP contribution in [0.2, 0.25) is 0 Å². The van der Waals surface area contributed by atoms with Crippen LogP contribution in [0, 0.1) is 12.7 Å². The van der Waals surface area contributed by atoms with Crippen molar-refractivity contribution in [3.8, 4) is 0 Å². The van der Waals surface area contributed by atoms with E-state index in [1.165, 1.54) is 12.1 Å². The molecular weight excluding hydrogens is 471 g/mol. The number of nitrogens with zero attached hydrogens (tertiary/aromatic N) is 2. The van der Waals surface area contributed by atoms with Crippen LogP contribution in [-0.4, -0.2) is 23.2 Å². The van der Waals surface area contributed by atoms with Gasteiger partial charge in [-0.3, -0.25) is 4.79 Å². The number of para-hydroxylation sites is 1. The Bertz CT molecular complexity index is 1260. The first-order valence-electron chi connectivity index (χ1n) is 10.1. The molecule has 0 unspecified atom stereocenters. The fourth-order valence-electron chi connectivity index (χ4n) is 3.56. The van der Waals surface area contributed by atoms with E-state index in [9.17, 15) is 9.18 Å². The second-order valence-electron chi connectivity index (χ2n) is 7.38. The Morgan fingerprint density at radius 3 is 2.53 bits per heavy atom. The van der Waals surface area contributed by atoms with Gasteiger partial charge in [0.25, 0.3) is 5.91 Å². The second-order valence-corrected chi connectivity index (χ2v) is 8.30. The molecule has 7 heteroatoms. The summed E-state index contributed by atoms with van der Waals surface area (Å²) in [5.41, 5.74) is 7.44. The Morgan fingerprint density at radius 1 is 1.06 bits per heavy atom. The van der Waals surface area contributed by atoms with Crippen LogP contribution >= 0.6 is 15.9 Å². The molecule has 0 aliphatic heterocycles. The summed E-state index contributed by atoms with van der Waals surface area (Å²) in [7, 11) is 0. The minimum atomic E-state index is -0.249. The lowest BCUT2D eigenvalue weighted by Crippen LogP contribution is -2.25. The van der Waals surface area contributed by atoms with Gasteiger partial charge in [-0.15, -0.1) is 0 Å². The van der Waals surface area contributed by atoms with Crippen LogP contribution in [0.1, 0.15) is 16.8 Å². The van der Waals surface area contributed by atoms with Crippen molar-refractivity contribution in [3.63, 3.8) is 0 Å². The Kier molecular flexibility index (Phi) is 6.66. The van der Waals surface area contributed by atoms with Gasteiger partial charge in [-0.1, -0.05) is 46.3 Å². The fourth-order valence-corrected chi connectivity index (χ4v) is 3.82. The van der Waals surface area contributed by atoms with Crippen LogP contribution in [0.15, 0.2) is 82.4 Å². The molecule has 3 aromatic carbocycles. The Labute approximate surface area is 194 Å². The number of hydrogen-bond acceptors (Lipinski definition) is 3. The highest BCUT2D eigenvalue weighted by atomic mass is 79.9. The van der Waals surface area contributed by atoms with Crippen molar-refractivity contribution in [2.75, 3.05) is 11.9 Å². The van der Waals surface area contributed by atoms with Gasteiger partial charge in [-0.05, 0) is 55.0 Å². The molecule has 0 bridgehead atoms. The summed E-state index contributed by atoms with van der Waals surface area (Å²) in [6.45, 7) is 2.75. The molecule has 162 valence electrons. The number of rotatable bonds is 7. The maximum atomic E-state index is 13.3. The van der Waals surface area contributed by atoms with E-state index in [1.807, 2.05) is 55.5 Å². The minimum Gasteiger partial charge on any atom is -0.376 e. The lowest BCUT2D eigenvalue weighted by molar-refractivity contribution is -0.119. The molecule has 0 saturated heterocycles. The van der Waals surface area contributed by atoms with E-state index in [1.54, 1.807) is 18.3 Å². The quantitative estimate of drug-likeness (QED) is 0.265. The van der Waals surface area contributed by atoms with E-state index >= 15 is 0 Å². The van der Waals surface area contributed by atoms with Gasteiger partial charge < -0.3 is 9.88 Å². The topological polar surface area (TPSA) is 58.4 Å². The summed E-state index contributed by atoms with van der Waals surface area (Å²) >= 11 is 3.38. The second kappa shape index (κ2) is 9.78. The van der Waals surface area contributed by atoms with Gasteiger partial charge >= 0.3 is 0 Å². The molecule has 2 N–H and O–H groups in total. The Morgan fingerprint density at radius 2 is 1.78 bits per heavy atom. The number of halogens is 2. The van der Waals surface area contributed by atoms with Gasteiger partial charge in [0.1, 0.15) is 5.82 Å². The van der Waals surface area contributed by atoms with Crippen LogP contribution in [0.25, 0.3) is 10.9 Å². The zero-order valence-corrected chi connectivity index (χ0v) is 19.1. The van der Waals surface area contributed by atoms with E-state index in [-0.39, 0.29) is 18.3 Å². The van der Waals surface area contributed by atoms with Gasteiger partial charge in [-0.25, -0.2) is 9.82 Å². The smallest absolute Gasteiger partial charge is 0.259 e. The summed E-state index contributed by atoms with van der Waals surface area (Å²) < 4.78 is 16.4. The first kappa shape index (κ1) is 21.8. The van der Waals surface area contributed by atoms with Crippen molar-refractivity contribution < 1.29 is 9.18 Å². The SMILES string of the molecule is Cc1c(/C=N\NC(=O)CNc2ccc(Br)cc2)c2ccccc2n1Cc1ccc(F)cc1. The van der Waals surface area contributed by atoms with Gasteiger partial charge in [0.15, 0.2) is 0 Å². The number of nitrogens with one attached hydrogen (secondary N) is 2. The van der Waals surface area contributed by atoms with Crippen LogP contribution < -0.4 is 10.7 Å². The third kappa shape index (κ3) is 5.06. The number of aromatic nitrogens is 1. The highest BCUT2D eigenvalue weighted by Crippen LogP contribution is 2.25. The number of hydrazone groups is 1. The normalized spacial score (nSPS) is 11.2. The first-order valence-corrected chi connectivity index (χ1v) is 10.9. The molecule has 0 atom stereocenters. The van der Waals surface area contributed by atoms with Crippen molar-refractivity contribution in [1.82, 2.24) is 9.99 Å². The highest BCUT2D eigenvalue weighted by molar-refractivity contribution is 9.10. The average Bonchev–Trinajstić information content (AvgIpc) is 3.06. The maximum Gasteiger partial charge on any atom is 0.259 e. The van der Waals surface area contributed by atoms with E-state index < -0.39 is 0 Å². The van der Waals surface area contributed by atoms with Crippen LogP contribution in [0.4, 0.5) is 10.1 Å². The number of fused-ring (bicyclic) bond motifs is 1. The first-order chi connectivity index (χ1) is 15.5. The van der Waals surface area contributed by atoms with E-state index in [0.717, 1.165) is 37.9 Å². The molecule has 32 heavy (non-hydrogen) atoms. The van der Waals surface area contributed by atoms with E-state index in [4.69, 9.17) is 0 Å². The van der Waals surface area contributed by atoms with E-state index in [0.29, 0.717) is 6.54 Å². The lowest BCUT2D eigenvalue weighted by atomic mass is 10.1. The average molecular weight is 493 g/mol. The Hall–Kier alpha value is -3.45. The molecule has 1 amide bonds. The fraction of sp³-hybridized carbons (Fsp3) is 0.120. The molecule has 4 rings (SSSR count). The van der Waals surface area contributed by atoms with Crippen molar-refractivity contribution in [3.05, 3.63) is 99.9 Å². The summed E-state index contributed by atoms with van der Waals surface area (Å²) in [4.78, 5) is 12.2. The highest BCUT2D eigenvalue weighted by Gasteiger charge is 2.13. The number of amides is 1. The third-order valence-electron chi connectivity index (χ3n) is 5.21. The molecule has 1 aromatic heterocycles. The van der Waals surface area contributed by atoms with Gasteiger partial charge in [0.05, 0.1) is 12.8 Å². The molecule has 4 aromatic rings. The van der Waals surface area contributed by atoms with Crippen molar-refractivity contribution in [2.24, 2.45) is 5.10 Å². The molecular formula is C25H22BrFN4O.